The molecule has 2 heterocycles. The minimum Gasteiger partial charge on any atom is -0.384 e. The van der Waals surface area contributed by atoms with Crippen LogP contribution in [0.1, 0.15) is 20.8 Å². The van der Waals surface area contributed by atoms with Crippen LogP contribution in [0.5, 0.6) is 0 Å². The van der Waals surface area contributed by atoms with Crippen LogP contribution in [0.2, 0.25) is 4.34 Å². The van der Waals surface area contributed by atoms with Crippen LogP contribution in [0.3, 0.4) is 0 Å². The molecule has 20 heavy (non-hydrogen) atoms. The zero-order valence-electron chi connectivity index (χ0n) is 11.1. The molecule has 0 saturated carbocycles. The molecule has 0 bridgehead atoms. The molecule has 3 nitrogen and oxygen atoms in total. The van der Waals surface area contributed by atoms with Gasteiger partial charge in [-0.05, 0) is 36.2 Å². The van der Waals surface area contributed by atoms with E-state index in [9.17, 15) is 4.79 Å². The number of fused-ring (bicyclic) bond motifs is 1. The van der Waals surface area contributed by atoms with Gasteiger partial charge in [-0.3, -0.25) is 4.79 Å². The highest BCUT2D eigenvalue weighted by Crippen LogP contribution is 2.25. The van der Waals surface area contributed by atoms with Crippen LogP contribution >= 0.6 is 22.9 Å². The van der Waals surface area contributed by atoms with E-state index in [0.29, 0.717) is 6.54 Å². The van der Waals surface area contributed by atoms with Gasteiger partial charge >= 0.3 is 0 Å². The Morgan fingerprint density at radius 3 is 3.00 bits per heavy atom. The van der Waals surface area contributed by atoms with E-state index >= 15 is 0 Å². The van der Waals surface area contributed by atoms with Crippen molar-refractivity contribution in [1.82, 2.24) is 4.90 Å². The Labute approximate surface area is 127 Å². The number of hydrogen-bond donors (Lipinski definition) is 1. The van der Waals surface area contributed by atoms with Crippen LogP contribution in [0.4, 0.5) is 5.69 Å². The molecule has 0 fully saturated rings. The first-order valence-corrected chi connectivity index (χ1v) is 7.69. The van der Waals surface area contributed by atoms with Gasteiger partial charge in [-0.15, -0.1) is 11.3 Å². The van der Waals surface area contributed by atoms with Gasteiger partial charge in [0, 0.05) is 29.7 Å². The van der Waals surface area contributed by atoms with Gasteiger partial charge in [0.1, 0.15) is 0 Å². The number of nitrogens with zero attached hydrogens (tertiary/aromatic N) is 1. The molecule has 0 unspecified atom stereocenters. The zero-order valence-corrected chi connectivity index (χ0v) is 12.7. The molecule has 3 rings (SSSR count). The number of thiophene rings is 1. The second-order valence-corrected chi connectivity index (χ2v) is 6.72. The number of benzene rings is 1. The predicted octanol–water partition coefficient (Wildman–Crippen LogP) is 3.64. The summed E-state index contributed by atoms with van der Waals surface area (Å²) in [6, 6.07) is 9.72. The van der Waals surface area contributed by atoms with Crippen molar-refractivity contribution in [1.29, 1.82) is 0 Å². The number of carbonyl (C=O) groups excluding carboxylic acids is 1. The highest BCUT2D eigenvalue weighted by molar-refractivity contribution is 7.16. The minimum atomic E-state index is 0.0334. The summed E-state index contributed by atoms with van der Waals surface area (Å²) < 4.78 is 0.752. The molecule has 0 atom stereocenters. The average molecular weight is 307 g/mol. The fourth-order valence-corrected chi connectivity index (χ4v) is 3.53. The third kappa shape index (κ3) is 2.67. The van der Waals surface area contributed by atoms with Crippen molar-refractivity contribution in [2.45, 2.75) is 13.0 Å². The number of halogens is 1. The van der Waals surface area contributed by atoms with Crippen molar-refractivity contribution in [2.24, 2.45) is 0 Å². The van der Waals surface area contributed by atoms with E-state index < -0.39 is 0 Å². The molecule has 1 amide bonds. The predicted molar refractivity (Wildman–Crippen MR) is 83.8 cm³/mol. The molecular weight excluding hydrogens is 292 g/mol. The number of nitrogens with one attached hydrogen (secondary N) is 1. The van der Waals surface area contributed by atoms with Crippen LogP contribution in [-0.4, -0.2) is 24.4 Å². The molecule has 0 aliphatic carbocycles. The van der Waals surface area contributed by atoms with Gasteiger partial charge in [0.15, 0.2) is 0 Å². The van der Waals surface area contributed by atoms with Gasteiger partial charge in [0.25, 0.3) is 5.91 Å². The van der Waals surface area contributed by atoms with Crippen molar-refractivity contribution in [3.05, 3.63) is 50.7 Å². The Morgan fingerprint density at radius 1 is 1.40 bits per heavy atom. The highest BCUT2D eigenvalue weighted by atomic mass is 35.5. The summed E-state index contributed by atoms with van der Waals surface area (Å²) in [4.78, 5) is 15.2. The SMILES string of the molecule is CN(Cc1ccc(Cl)s1)C(=O)c1ccc2c(c1)NCC2. The maximum atomic E-state index is 12.4. The number of anilines is 1. The summed E-state index contributed by atoms with van der Waals surface area (Å²) in [6.07, 6.45) is 1.04. The quantitative estimate of drug-likeness (QED) is 0.939. The van der Waals surface area contributed by atoms with Crippen molar-refractivity contribution in [3.63, 3.8) is 0 Å². The normalized spacial score (nSPS) is 12.9. The third-order valence-electron chi connectivity index (χ3n) is 3.44. The Morgan fingerprint density at radius 2 is 2.25 bits per heavy atom. The lowest BCUT2D eigenvalue weighted by Gasteiger charge is -2.16. The molecule has 104 valence electrons. The van der Waals surface area contributed by atoms with Gasteiger partial charge in [-0.2, -0.15) is 0 Å². The highest BCUT2D eigenvalue weighted by Gasteiger charge is 2.16. The molecule has 1 aromatic carbocycles. The van der Waals surface area contributed by atoms with Crippen LogP contribution in [0, 0.1) is 0 Å². The first kappa shape index (κ1) is 13.5. The van der Waals surface area contributed by atoms with E-state index in [4.69, 9.17) is 11.6 Å². The van der Waals surface area contributed by atoms with E-state index in [-0.39, 0.29) is 5.91 Å². The van der Waals surface area contributed by atoms with Crippen molar-refractivity contribution < 1.29 is 4.79 Å². The number of amides is 1. The van der Waals surface area contributed by atoms with Gasteiger partial charge in [-0.25, -0.2) is 0 Å². The molecule has 0 spiro atoms. The Kier molecular flexibility index (Phi) is 3.68. The van der Waals surface area contributed by atoms with Gasteiger partial charge in [0.05, 0.1) is 10.9 Å². The summed E-state index contributed by atoms with van der Waals surface area (Å²) in [5, 5.41) is 3.30. The fraction of sp³-hybridized carbons (Fsp3) is 0.267. The van der Waals surface area contributed by atoms with Gasteiger partial charge in [0.2, 0.25) is 0 Å². The van der Waals surface area contributed by atoms with Crippen LogP contribution in [0.15, 0.2) is 30.3 Å². The lowest BCUT2D eigenvalue weighted by atomic mass is 10.1. The molecule has 1 aliphatic rings. The summed E-state index contributed by atoms with van der Waals surface area (Å²) in [6.45, 7) is 1.54. The van der Waals surface area contributed by atoms with Crippen LogP contribution < -0.4 is 5.32 Å². The molecule has 5 heteroatoms. The molecule has 0 radical (unpaired) electrons. The van der Waals surface area contributed by atoms with E-state index in [1.54, 1.807) is 4.90 Å². The number of hydrogen-bond acceptors (Lipinski definition) is 3. The average Bonchev–Trinajstić information content (AvgIpc) is 3.05. The van der Waals surface area contributed by atoms with E-state index in [0.717, 1.165) is 33.4 Å². The number of carbonyl (C=O) groups is 1. The van der Waals surface area contributed by atoms with E-state index in [1.807, 2.05) is 37.4 Å². The van der Waals surface area contributed by atoms with Crippen LogP contribution in [-0.2, 0) is 13.0 Å². The van der Waals surface area contributed by atoms with Gasteiger partial charge in [-0.1, -0.05) is 17.7 Å². The summed E-state index contributed by atoms with van der Waals surface area (Å²) in [7, 11) is 1.82. The standard InChI is InChI=1S/C15H15ClN2OS/c1-18(9-12-4-5-14(16)20-12)15(19)11-3-2-10-6-7-17-13(10)8-11/h2-5,8,17H,6-7,9H2,1H3. The monoisotopic (exact) mass is 306 g/mol. The third-order valence-corrected chi connectivity index (χ3v) is 4.65. The summed E-state index contributed by atoms with van der Waals surface area (Å²) in [5.74, 6) is 0.0334. The Hall–Kier alpha value is -1.52. The molecule has 0 saturated heterocycles. The summed E-state index contributed by atoms with van der Waals surface area (Å²) >= 11 is 7.42. The van der Waals surface area contributed by atoms with Crippen molar-refractivity contribution in [3.8, 4) is 0 Å². The molecule has 1 aliphatic heterocycles. The molecule has 2 aromatic rings. The smallest absolute Gasteiger partial charge is 0.253 e. The largest absolute Gasteiger partial charge is 0.384 e. The van der Waals surface area contributed by atoms with E-state index in [2.05, 4.69) is 5.32 Å². The topological polar surface area (TPSA) is 32.3 Å². The second kappa shape index (κ2) is 5.46. The molecule has 1 aromatic heterocycles. The second-order valence-electron chi connectivity index (χ2n) is 4.92. The minimum absolute atomic E-state index is 0.0334. The lowest BCUT2D eigenvalue weighted by molar-refractivity contribution is 0.0786. The maximum Gasteiger partial charge on any atom is 0.253 e. The molecular formula is C15H15ClN2OS. The Balaban J connectivity index is 1.74. The van der Waals surface area contributed by atoms with Crippen molar-refractivity contribution >= 4 is 34.5 Å². The van der Waals surface area contributed by atoms with Gasteiger partial charge < -0.3 is 10.2 Å². The summed E-state index contributed by atoms with van der Waals surface area (Å²) in [5.41, 5.74) is 3.10. The fourth-order valence-electron chi connectivity index (χ4n) is 2.39. The first-order chi connectivity index (χ1) is 9.63. The zero-order chi connectivity index (χ0) is 14.1. The first-order valence-electron chi connectivity index (χ1n) is 6.50. The van der Waals surface area contributed by atoms with Crippen molar-refractivity contribution in [2.75, 3.05) is 18.9 Å². The maximum absolute atomic E-state index is 12.4. The number of rotatable bonds is 3. The van der Waals surface area contributed by atoms with Crippen LogP contribution in [0.25, 0.3) is 0 Å². The molecule has 1 N–H and O–H groups in total. The Bertz CT molecular complexity index is 653. The lowest BCUT2D eigenvalue weighted by Crippen LogP contribution is -2.25. The van der Waals surface area contributed by atoms with E-state index in [1.165, 1.54) is 16.9 Å².